The van der Waals surface area contributed by atoms with E-state index in [2.05, 4.69) is 15.2 Å². The number of anilines is 1. The number of amides is 1. The zero-order valence-electron chi connectivity index (χ0n) is 12.4. The number of aryl methyl sites for hydroxylation is 2. The molecule has 1 aromatic carbocycles. The Labute approximate surface area is 135 Å². The molecule has 0 saturated carbocycles. The molecule has 23 heavy (non-hydrogen) atoms. The van der Waals surface area contributed by atoms with Gasteiger partial charge in [0.15, 0.2) is 17.3 Å². The minimum absolute atomic E-state index is 0.0112. The fourth-order valence-electron chi connectivity index (χ4n) is 2.02. The average molecular weight is 344 g/mol. The Morgan fingerprint density at radius 1 is 1.30 bits per heavy atom. The van der Waals surface area contributed by atoms with Crippen molar-refractivity contribution in [3.63, 3.8) is 0 Å². The fourth-order valence-corrected chi connectivity index (χ4v) is 2.25. The molecule has 0 atom stereocenters. The van der Waals surface area contributed by atoms with Crippen molar-refractivity contribution in [3.8, 4) is 0 Å². The monoisotopic (exact) mass is 343 g/mol. The van der Waals surface area contributed by atoms with Crippen LogP contribution in [0, 0.1) is 18.6 Å². The van der Waals surface area contributed by atoms with Crippen LogP contribution in [0.25, 0.3) is 0 Å². The number of esters is 1. The second kappa shape index (κ2) is 6.33. The number of rotatable bonds is 3. The largest absolute Gasteiger partial charge is 0.464 e. The highest BCUT2D eigenvalue weighted by atomic mass is 35.5. The number of carbonyl (C=O) groups is 2. The van der Waals surface area contributed by atoms with Crippen LogP contribution in [0.5, 0.6) is 0 Å². The highest BCUT2D eigenvalue weighted by Gasteiger charge is 2.24. The lowest BCUT2D eigenvalue weighted by Crippen LogP contribution is -2.17. The molecule has 2 rings (SSSR count). The highest BCUT2D eigenvalue weighted by Crippen LogP contribution is 2.24. The molecule has 6 nitrogen and oxygen atoms in total. The van der Waals surface area contributed by atoms with Gasteiger partial charge in [0.2, 0.25) is 0 Å². The van der Waals surface area contributed by atoms with E-state index in [0.29, 0.717) is 17.8 Å². The fraction of sp³-hybridized carbons (Fsp3) is 0.214. The molecule has 2 aromatic rings. The van der Waals surface area contributed by atoms with Crippen LogP contribution in [0.2, 0.25) is 5.02 Å². The summed E-state index contributed by atoms with van der Waals surface area (Å²) in [6, 6.07) is 1.37. The molecule has 0 fully saturated rings. The van der Waals surface area contributed by atoms with Crippen molar-refractivity contribution in [2.24, 2.45) is 7.05 Å². The predicted octanol–water partition coefficient (Wildman–Crippen LogP) is 2.70. The molecular weight excluding hydrogens is 332 g/mol. The Kier molecular flexibility index (Phi) is 4.65. The van der Waals surface area contributed by atoms with E-state index < -0.39 is 23.5 Å². The lowest BCUT2D eigenvalue weighted by atomic mass is 10.2. The molecule has 1 N–H and O–H groups in total. The standard InChI is InChI=1S/C14H12ClF2N3O3/c1-6-11(12(14(22)23-3)20(2)19-6)18-13(21)7-4-9(16)10(17)5-8(7)15/h4-5H,1-3H3,(H,18,21). The van der Waals surface area contributed by atoms with Crippen LogP contribution < -0.4 is 5.32 Å². The highest BCUT2D eigenvalue weighted by molar-refractivity contribution is 6.34. The number of aromatic nitrogens is 2. The first kappa shape index (κ1) is 16.9. The van der Waals surface area contributed by atoms with Crippen LogP contribution >= 0.6 is 11.6 Å². The quantitative estimate of drug-likeness (QED) is 0.687. The van der Waals surface area contributed by atoms with E-state index in [0.717, 1.165) is 0 Å². The molecule has 0 aliphatic rings. The molecule has 1 amide bonds. The first-order valence-electron chi connectivity index (χ1n) is 6.34. The van der Waals surface area contributed by atoms with Gasteiger partial charge in [-0.3, -0.25) is 9.48 Å². The SMILES string of the molecule is COC(=O)c1c(NC(=O)c2cc(F)c(F)cc2Cl)c(C)nn1C. The summed E-state index contributed by atoms with van der Waals surface area (Å²) >= 11 is 5.76. The number of halogens is 3. The van der Waals surface area contributed by atoms with Crippen LogP contribution in [0.1, 0.15) is 26.5 Å². The summed E-state index contributed by atoms with van der Waals surface area (Å²) in [4.78, 5) is 24.0. The zero-order valence-corrected chi connectivity index (χ0v) is 13.2. The Hall–Kier alpha value is -2.48. The van der Waals surface area contributed by atoms with Gasteiger partial charge in [-0.15, -0.1) is 0 Å². The van der Waals surface area contributed by atoms with Gasteiger partial charge in [0.25, 0.3) is 5.91 Å². The third-order valence-corrected chi connectivity index (χ3v) is 3.41. The zero-order chi connectivity index (χ0) is 17.3. The van der Waals surface area contributed by atoms with Crippen molar-refractivity contribution in [2.45, 2.75) is 6.92 Å². The molecule has 0 aliphatic heterocycles. The molecule has 0 radical (unpaired) electrons. The van der Waals surface area contributed by atoms with E-state index in [1.165, 1.54) is 18.8 Å². The third kappa shape index (κ3) is 3.16. The van der Waals surface area contributed by atoms with E-state index >= 15 is 0 Å². The summed E-state index contributed by atoms with van der Waals surface area (Å²) in [6.45, 7) is 1.56. The average Bonchev–Trinajstić information content (AvgIpc) is 2.76. The number of hydrogen-bond donors (Lipinski definition) is 1. The maximum Gasteiger partial charge on any atom is 0.358 e. The molecule has 1 heterocycles. The molecule has 1 aromatic heterocycles. The maximum absolute atomic E-state index is 13.3. The molecule has 0 bridgehead atoms. The van der Waals surface area contributed by atoms with E-state index in [-0.39, 0.29) is 22.0 Å². The van der Waals surface area contributed by atoms with E-state index in [1.807, 2.05) is 0 Å². The van der Waals surface area contributed by atoms with Gasteiger partial charge in [-0.1, -0.05) is 11.6 Å². The second-order valence-corrected chi connectivity index (χ2v) is 5.03. The van der Waals surface area contributed by atoms with Crippen LogP contribution in [0.4, 0.5) is 14.5 Å². The topological polar surface area (TPSA) is 73.2 Å². The smallest absolute Gasteiger partial charge is 0.358 e. The van der Waals surface area contributed by atoms with Crippen LogP contribution in [-0.2, 0) is 11.8 Å². The minimum atomic E-state index is -1.21. The molecular formula is C14H12ClF2N3O3. The Bertz CT molecular complexity index is 805. The van der Waals surface area contributed by atoms with E-state index in [1.54, 1.807) is 6.92 Å². The number of nitrogens with one attached hydrogen (secondary N) is 1. The summed E-state index contributed by atoms with van der Waals surface area (Å²) in [6.07, 6.45) is 0. The summed E-state index contributed by atoms with van der Waals surface area (Å²) in [5, 5.41) is 6.18. The predicted molar refractivity (Wildman–Crippen MR) is 78.6 cm³/mol. The summed E-state index contributed by atoms with van der Waals surface area (Å²) in [7, 11) is 2.68. The Morgan fingerprint density at radius 2 is 1.91 bits per heavy atom. The molecule has 0 spiro atoms. The van der Waals surface area contributed by atoms with Gasteiger partial charge in [-0.2, -0.15) is 5.10 Å². The van der Waals surface area contributed by atoms with Crippen molar-refractivity contribution in [1.29, 1.82) is 0 Å². The number of ether oxygens (including phenoxy) is 1. The molecule has 0 aliphatic carbocycles. The Balaban J connectivity index is 2.42. The number of carbonyl (C=O) groups excluding carboxylic acids is 2. The summed E-state index contributed by atoms with van der Waals surface area (Å²) in [5.74, 6) is -3.90. The van der Waals surface area contributed by atoms with Crippen molar-refractivity contribution in [3.05, 3.63) is 45.7 Å². The molecule has 9 heteroatoms. The second-order valence-electron chi connectivity index (χ2n) is 4.62. The number of hydrogen-bond acceptors (Lipinski definition) is 4. The minimum Gasteiger partial charge on any atom is -0.464 e. The van der Waals surface area contributed by atoms with Crippen LogP contribution in [0.3, 0.4) is 0 Å². The molecule has 122 valence electrons. The lowest BCUT2D eigenvalue weighted by Gasteiger charge is -2.09. The third-order valence-electron chi connectivity index (χ3n) is 3.09. The van der Waals surface area contributed by atoms with Gasteiger partial charge < -0.3 is 10.1 Å². The molecule has 0 saturated heterocycles. The molecule has 0 unspecified atom stereocenters. The van der Waals surface area contributed by atoms with Gasteiger partial charge in [0.1, 0.15) is 0 Å². The van der Waals surface area contributed by atoms with Gasteiger partial charge in [0, 0.05) is 7.05 Å². The van der Waals surface area contributed by atoms with Crippen molar-refractivity contribution >= 4 is 29.2 Å². The number of nitrogens with zero attached hydrogens (tertiary/aromatic N) is 2. The van der Waals surface area contributed by atoms with Crippen molar-refractivity contribution in [2.75, 3.05) is 12.4 Å². The lowest BCUT2D eigenvalue weighted by molar-refractivity contribution is 0.0589. The Morgan fingerprint density at radius 3 is 2.52 bits per heavy atom. The van der Waals surface area contributed by atoms with Crippen molar-refractivity contribution in [1.82, 2.24) is 9.78 Å². The van der Waals surface area contributed by atoms with Crippen molar-refractivity contribution < 1.29 is 23.1 Å². The first-order valence-corrected chi connectivity index (χ1v) is 6.71. The van der Waals surface area contributed by atoms with Gasteiger partial charge in [-0.25, -0.2) is 13.6 Å². The number of methoxy groups -OCH3 is 1. The van der Waals surface area contributed by atoms with Gasteiger partial charge in [-0.05, 0) is 19.1 Å². The van der Waals surface area contributed by atoms with Crippen LogP contribution in [-0.4, -0.2) is 28.8 Å². The maximum atomic E-state index is 13.3. The summed E-state index contributed by atoms with van der Waals surface area (Å²) < 4.78 is 32.2. The van der Waals surface area contributed by atoms with Gasteiger partial charge in [0.05, 0.1) is 29.1 Å². The van der Waals surface area contributed by atoms with Crippen LogP contribution in [0.15, 0.2) is 12.1 Å². The van der Waals surface area contributed by atoms with E-state index in [9.17, 15) is 18.4 Å². The normalized spacial score (nSPS) is 10.5. The number of benzene rings is 1. The van der Waals surface area contributed by atoms with Gasteiger partial charge >= 0.3 is 5.97 Å². The van der Waals surface area contributed by atoms with E-state index in [4.69, 9.17) is 11.6 Å². The summed E-state index contributed by atoms with van der Waals surface area (Å²) in [5.41, 5.74) is 0.187. The first-order chi connectivity index (χ1) is 10.8.